The molecule has 0 bridgehead atoms. The number of nitrogens with two attached hydrogens (primary N) is 1. The predicted octanol–water partition coefficient (Wildman–Crippen LogP) is 3.22. The lowest BCUT2D eigenvalue weighted by molar-refractivity contribution is -0.329. The SMILES string of the molecule is CC1(C)Cc2c(c(N3CCOCC3)[nH+]c3sc(C(=O)c4ccccc4)c(N)c23)CO1. The number of fused-ring (bicyclic) bond motifs is 3. The number of thiophene rings is 1. The fourth-order valence-corrected chi connectivity index (χ4v) is 5.46. The Morgan fingerprint density at radius 2 is 1.90 bits per heavy atom. The van der Waals surface area contributed by atoms with Crippen molar-refractivity contribution in [3.05, 3.63) is 51.9 Å². The van der Waals surface area contributed by atoms with Gasteiger partial charge in [0.05, 0.1) is 42.1 Å². The van der Waals surface area contributed by atoms with Gasteiger partial charge in [0.25, 0.3) is 5.82 Å². The molecule has 1 fully saturated rings. The third-order valence-electron chi connectivity index (χ3n) is 5.91. The molecular formula is C23H26N3O3S+. The first-order valence-electron chi connectivity index (χ1n) is 10.3. The van der Waals surface area contributed by atoms with Crippen LogP contribution in [0.25, 0.3) is 10.2 Å². The summed E-state index contributed by atoms with van der Waals surface area (Å²) in [5, 5.41) is 0.975. The monoisotopic (exact) mass is 424 g/mol. The van der Waals surface area contributed by atoms with Crippen molar-refractivity contribution < 1.29 is 19.3 Å². The summed E-state index contributed by atoms with van der Waals surface area (Å²) >= 11 is 1.45. The number of carbonyl (C=O) groups excluding carboxylic acids is 1. The largest absolute Gasteiger partial charge is 0.397 e. The highest BCUT2D eigenvalue weighted by Gasteiger charge is 2.36. The Kier molecular flexibility index (Phi) is 4.76. The topological polar surface area (TPSA) is 78.9 Å². The van der Waals surface area contributed by atoms with Crippen molar-refractivity contribution in [3.63, 3.8) is 0 Å². The summed E-state index contributed by atoms with van der Waals surface area (Å²) in [5.74, 6) is 1.03. The van der Waals surface area contributed by atoms with Crippen LogP contribution in [0, 0.1) is 0 Å². The lowest BCUT2D eigenvalue weighted by Crippen LogP contribution is -2.42. The maximum absolute atomic E-state index is 13.2. The molecule has 4 heterocycles. The lowest BCUT2D eigenvalue weighted by Gasteiger charge is -2.33. The highest BCUT2D eigenvalue weighted by Crippen LogP contribution is 2.42. The van der Waals surface area contributed by atoms with Crippen LogP contribution in [0.3, 0.4) is 0 Å². The molecule has 3 aromatic rings. The molecule has 0 saturated carbocycles. The summed E-state index contributed by atoms with van der Waals surface area (Å²) in [7, 11) is 0. The number of H-pyrrole nitrogens is 1. The Hall–Kier alpha value is -2.48. The number of nitrogens with one attached hydrogen (secondary N) is 1. The lowest BCUT2D eigenvalue weighted by atomic mass is 9.89. The van der Waals surface area contributed by atoms with Crippen LogP contribution in [0.15, 0.2) is 30.3 Å². The molecule has 0 unspecified atom stereocenters. The van der Waals surface area contributed by atoms with E-state index in [4.69, 9.17) is 15.2 Å². The highest BCUT2D eigenvalue weighted by molar-refractivity contribution is 7.21. The Labute approximate surface area is 179 Å². The average molecular weight is 425 g/mol. The number of hydrogen-bond donors (Lipinski definition) is 1. The first-order chi connectivity index (χ1) is 14.4. The summed E-state index contributed by atoms with van der Waals surface area (Å²) in [6, 6.07) is 9.33. The summed E-state index contributed by atoms with van der Waals surface area (Å²) in [6.45, 7) is 7.80. The van der Waals surface area contributed by atoms with Crippen LogP contribution in [0.1, 0.15) is 40.2 Å². The molecule has 5 rings (SSSR count). The molecule has 156 valence electrons. The Morgan fingerprint density at radius 1 is 1.17 bits per heavy atom. The number of aromatic amines is 1. The van der Waals surface area contributed by atoms with E-state index in [1.54, 1.807) is 0 Å². The van der Waals surface area contributed by atoms with Crippen molar-refractivity contribution in [2.24, 2.45) is 0 Å². The molecule has 3 N–H and O–H groups in total. The Morgan fingerprint density at radius 3 is 2.63 bits per heavy atom. The number of ether oxygens (including phenoxy) is 2. The number of rotatable bonds is 3. The van der Waals surface area contributed by atoms with Crippen LogP contribution in [-0.4, -0.2) is 37.7 Å². The summed E-state index contributed by atoms with van der Waals surface area (Å²) in [5.41, 5.74) is 9.91. The number of nitrogens with zero attached hydrogens (tertiary/aromatic N) is 1. The quantitative estimate of drug-likeness (QED) is 0.653. The van der Waals surface area contributed by atoms with E-state index in [-0.39, 0.29) is 11.4 Å². The van der Waals surface area contributed by atoms with E-state index >= 15 is 0 Å². The predicted molar refractivity (Wildman–Crippen MR) is 118 cm³/mol. The second kappa shape index (κ2) is 7.34. The molecule has 6 nitrogen and oxygen atoms in total. The number of anilines is 2. The molecule has 0 amide bonds. The number of ketones is 1. The van der Waals surface area contributed by atoms with Gasteiger partial charge in [-0.3, -0.25) is 9.69 Å². The van der Waals surface area contributed by atoms with Gasteiger partial charge < -0.3 is 15.2 Å². The molecule has 2 aromatic heterocycles. The molecular weight excluding hydrogens is 398 g/mol. The summed E-state index contributed by atoms with van der Waals surface area (Å²) < 4.78 is 11.7. The minimum atomic E-state index is -0.276. The van der Waals surface area contributed by atoms with Crippen molar-refractivity contribution in [1.82, 2.24) is 0 Å². The number of benzene rings is 1. The fourth-order valence-electron chi connectivity index (χ4n) is 4.35. The normalized spacial score (nSPS) is 18.4. The van der Waals surface area contributed by atoms with Gasteiger partial charge in [-0.15, -0.1) is 0 Å². The van der Waals surface area contributed by atoms with Gasteiger partial charge in [0, 0.05) is 12.0 Å². The second-order valence-corrected chi connectivity index (χ2v) is 9.52. The summed E-state index contributed by atoms with van der Waals surface area (Å²) in [4.78, 5) is 20.6. The zero-order chi connectivity index (χ0) is 20.9. The van der Waals surface area contributed by atoms with E-state index in [2.05, 4.69) is 23.7 Å². The molecule has 7 heteroatoms. The summed E-state index contributed by atoms with van der Waals surface area (Å²) in [6.07, 6.45) is 0.755. The molecule has 1 saturated heterocycles. The zero-order valence-electron chi connectivity index (χ0n) is 17.3. The van der Waals surface area contributed by atoms with Crippen LogP contribution in [-0.2, 0) is 22.5 Å². The standard InChI is InChI=1S/C23H25N3O3S/c1-23(2)12-15-16(13-29-23)21(26-8-10-28-11-9-26)25-22-17(15)18(24)20(30-22)19(27)14-6-4-3-5-7-14/h3-7H,8-13,24H2,1-2H3/p+1. The number of nitrogen functional groups attached to an aromatic ring is 1. The third kappa shape index (κ3) is 3.27. The second-order valence-electron chi connectivity index (χ2n) is 8.50. The van der Waals surface area contributed by atoms with Crippen molar-refractivity contribution in [2.45, 2.75) is 32.5 Å². The first-order valence-corrected chi connectivity index (χ1v) is 11.1. The fraction of sp³-hybridized carbons (Fsp3) is 0.391. The van der Waals surface area contributed by atoms with Crippen LogP contribution in [0.4, 0.5) is 11.5 Å². The molecule has 2 aliphatic heterocycles. The maximum atomic E-state index is 13.2. The van der Waals surface area contributed by atoms with Crippen LogP contribution in [0.2, 0.25) is 0 Å². The first kappa shape index (κ1) is 19.5. The minimum absolute atomic E-state index is 0.0318. The van der Waals surface area contributed by atoms with Crippen LogP contribution < -0.4 is 15.6 Å². The maximum Gasteiger partial charge on any atom is 0.281 e. The number of aromatic nitrogens is 1. The molecule has 0 aliphatic carbocycles. The molecule has 2 aliphatic rings. The van der Waals surface area contributed by atoms with Gasteiger partial charge in [0.15, 0.2) is 4.83 Å². The van der Waals surface area contributed by atoms with E-state index in [1.165, 1.54) is 16.9 Å². The van der Waals surface area contributed by atoms with Crippen molar-refractivity contribution in [1.29, 1.82) is 0 Å². The van der Waals surface area contributed by atoms with Gasteiger partial charge in [-0.2, -0.15) is 0 Å². The molecule has 1 aromatic carbocycles. The van der Waals surface area contributed by atoms with Gasteiger partial charge in [-0.1, -0.05) is 41.7 Å². The van der Waals surface area contributed by atoms with Crippen LogP contribution in [0.5, 0.6) is 0 Å². The van der Waals surface area contributed by atoms with E-state index in [0.29, 0.717) is 35.9 Å². The minimum Gasteiger partial charge on any atom is -0.397 e. The van der Waals surface area contributed by atoms with Gasteiger partial charge >= 0.3 is 0 Å². The molecule has 0 radical (unpaired) electrons. The van der Waals surface area contributed by atoms with Gasteiger partial charge in [0.1, 0.15) is 18.0 Å². The third-order valence-corrected chi connectivity index (χ3v) is 7.03. The van der Waals surface area contributed by atoms with Crippen molar-refractivity contribution >= 4 is 38.8 Å². The van der Waals surface area contributed by atoms with Crippen molar-refractivity contribution in [2.75, 3.05) is 36.9 Å². The number of pyridine rings is 1. The highest BCUT2D eigenvalue weighted by atomic mass is 32.1. The number of morpholine rings is 1. The number of hydrogen-bond acceptors (Lipinski definition) is 6. The molecule has 30 heavy (non-hydrogen) atoms. The van der Waals surface area contributed by atoms with E-state index < -0.39 is 0 Å². The van der Waals surface area contributed by atoms with E-state index in [0.717, 1.165) is 41.1 Å². The van der Waals surface area contributed by atoms with Gasteiger partial charge in [-0.05, 0) is 19.4 Å². The molecule has 0 atom stereocenters. The number of carbonyl (C=O) groups is 1. The van der Waals surface area contributed by atoms with Gasteiger partial charge in [-0.25, -0.2) is 4.98 Å². The molecule has 0 spiro atoms. The Balaban J connectivity index is 1.70. The van der Waals surface area contributed by atoms with Gasteiger partial charge in [0.2, 0.25) is 5.78 Å². The average Bonchev–Trinajstić information content (AvgIpc) is 3.09. The van der Waals surface area contributed by atoms with E-state index in [1.807, 2.05) is 30.3 Å². The Bertz CT molecular complexity index is 1120. The smallest absolute Gasteiger partial charge is 0.281 e. The van der Waals surface area contributed by atoms with Crippen LogP contribution >= 0.6 is 11.3 Å². The zero-order valence-corrected chi connectivity index (χ0v) is 18.1. The van der Waals surface area contributed by atoms with Crippen molar-refractivity contribution in [3.8, 4) is 0 Å². The van der Waals surface area contributed by atoms with E-state index in [9.17, 15) is 4.79 Å².